The van der Waals surface area contributed by atoms with Crippen molar-refractivity contribution < 1.29 is 18.7 Å². The van der Waals surface area contributed by atoms with Crippen molar-refractivity contribution in [2.24, 2.45) is 0 Å². The Hall–Kier alpha value is -2.07. The Morgan fingerprint density at radius 1 is 1.14 bits per heavy atom. The highest BCUT2D eigenvalue weighted by atomic mass is 35.5. The molecule has 0 spiro atoms. The number of carbonyl (C=O) groups excluding carboxylic acids is 1. The van der Waals surface area contributed by atoms with E-state index >= 15 is 0 Å². The minimum absolute atomic E-state index is 0.268. The maximum absolute atomic E-state index is 12.8. The van der Waals surface area contributed by atoms with Crippen LogP contribution in [0, 0.1) is 12.7 Å². The Kier molecular flexibility index (Phi) is 4.81. The van der Waals surface area contributed by atoms with E-state index in [0.717, 1.165) is 5.56 Å². The zero-order chi connectivity index (χ0) is 15.4. The molecule has 5 heteroatoms. The largest absolute Gasteiger partial charge is 0.479 e. The number of rotatable bonds is 4. The lowest BCUT2D eigenvalue weighted by Crippen LogP contribution is -2.28. The molecule has 2 aromatic carbocycles. The molecule has 21 heavy (non-hydrogen) atoms. The van der Waals surface area contributed by atoms with Gasteiger partial charge in [0.2, 0.25) is 0 Å². The van der Waals surface area contributed by atoms with Gasteiger partial charge >= 0.3 is 5.97 Å². The van der Waals surface area contributed by atoms with E-state index in [4.69, 9.17) is 21.1 Å². The van der Waals surface area contributed by atoms with E-state index in [2.05, 4.69) is 0 Å². The Morgan fingerprint density at radius 2 is 1.76 bits per heavy atom. The van der Waals surface area contributed by atoms with Crippen molar-refractivity contribution in [3.05, 3.63) is 58.9 Å². The van der Waals surface area contributed by atoms with Crippen LogP contribution in [0.1, 0.15) is 12.5 Å². The summed E-state index contributed by atoms with van der Waals surface area (Å²) in [5, 5.41) is 0.629. The summed E-state index contributed by atoms with van der Waals surface area (Å²) in [5.41, 5.74) is 0.855. The normalized spacial score (nSPS) is 11.8. The molecule has 0 aliphatic carbocycles. The van der Waals surface area contributed by atoms with Crippen LogP contribution in [-0.4, -0.2) is 12.1 Å². The number of ether oxygens (including phenoxy) is 2. The molecule has 0 N–H and O–H groups in total. The molecule has 0 fully saturated rings. The van der Waals surface area contributed by atoms with Crippen molar-refractivity contribution in [1.82, 2.24) is 0 Å². The average Bonchev–Trinajstić information content (AvgIpc) is 2.45. The molecule has 0 bridgehead atoms. The second-order valence-corrected chi connectivity index (χ2v) is 4.95. The second-order valence-electron chi connectivity index (χ2n) is 4.55. The van der Waals surface area contributed by atoms with E-state index in [-0.39, 0.29) is 5.75 Å². The van der Waals surface area contributed by atoms with Crippen LogP contribution in [0.5, 0.6) is 11.5 Å². The van der Waals surface area contributed by atoms with E-state index in [0.29, 0.717) is 10.8 Å². The summed E-state index contributed by atoms with van der Waals surface area (Å²) in [5.74, 6) is -0.158. The molecule has 0 radical (unpaired) electrons. The molecule has 0 unspecified atom stereocenters. The molecule has 2 aromatic rings. The molecule has 0 aliphatic heterocycles. The summed E-state index contributed by atoms with van der Waals surface area (Å²) >= 11 is 5.92. The Morgan fingerprint density at radius 3 is 2.38 bits per heavy atom. The molecule has 0 amide bonds. The van der Waals surface area contributed by atoms with Gasteiger partial charge in [0.15, 0.2) is 6.10 Å². The van der Waals surface area contributed by atoms with E-state index in [9.17, 15) is 9.18 Å². The zero-order valence-corrected chi connectivity index (χ0v) is 12.4. The number of hydrogen-bond acceptors (Lipinski definition) is 3. The molecular weight excluding hydrogens is 295 g/mol. The standard InChI is InChI=1S/C16H14ClFO3/c1-10-9-14(7-8-15(10)17)20-11(2)16(19)21-13-5-3-12(18)4-6-13/h3-9,11H,1-2H3/t11-/m1/s1. The van der Waals surface area contributed by atoms with Gasteiger partial charge in [0.05, 0.1) is 0 Å². The lowest BCUT2D eigenvalue weighted by Gasteiger charge is -2.14. The van der Waals surface area contributed by atoms with Gasteiger partial charge in [0.1, 0.15) is 17.3 Å². The molecule has 3 nitrogen and oxygen atoms in total. The van der Waals surface area contributed by atoms with Crippen molar-refractivity contribution in [2.75, 3.05) is 0 Å². The molecule has 0 heterocycles. The maximum Gasteiger partial charge on any atom is 0.352 e. The Labute approximate surface area is 127 Å². The van der Waals surface area contributed by atoms with Gasteiger partial charge in [-0.1, -0.05) is 11.6 Å². The number of carbonyl (C=O) groups is 1. The fourth-order valence-corrected chi connectivity index (χ4v) is 1.76. The fraction of sp³-hybridized carbons (Fsp3) is 0.188. The lowest BCUT2D eigenvalue weighted by atomic mass is 10.2. The van der Waals surface area contributed by atoms with Crippen LogP contribution < -0.4 is 9.47 Å². The van der Waals surface area contributed by atoms with Crippen molar-refractivity contribution in [1.29, 1.82) is 0 Å². The summed E-state index contributed by atoms with van der Waals surface area (Å²) < 4.78 is 23.4. The van der Waals surface area contributed by atoms with E-state index < -0.39 is 17.9 Å². The van der Waals surface area contributed by atoms with Gasteiger partial charge in [-0.05, 0) is 61.9 Å². The van der Waals surface area contributed by atoms with Crippen LogP contribution in [-0.2, 0) is 4.79 Å². The first-order valence-electron chi connectivity index (χ1n) is 6.36. The predicted molar refractivity (Wildman–Crippen MR) is 78.3 cm³/mol. The summed E-state index contributed by atoms with van der Waals surface area (Å²) in [4.78, 5) is 11.9. The SMILES string of the molecule is Cc1cc(O[C@H](C)C(=O)Oc2ccc(F)cc2)ccc1Cl. The fourth-order valence-electron chi connectivity index (χ4n) is 1.64. The minimum atomic E-state index is -0.796. The van der Waals surface area contributed by atoms with E-state index in [1.54, 1.807) is 25.1 Å². The molecular formula is C16H14ClFO3. The second kappa shape index (κ2) is 6.59. The van der Waals surface area contributed by atoms with Crippen LogP contribution in [0.2, 0.25) is 5.02 Å². The highest BCUT2D eigenvalue weighted by Crippen LogP contribution is 2.22. The summed E-state index contributed by atoms with van der Waals surface area (Å²) in [6, 6.07) is 10.3. The summed E-state index contributed by atoms with van der Waals surface area (Å²) in [6.07, 6.45) is -0.796. The van der Waals surface area contributed by atoms with Gasteiger partial charge < -0.3 is 9.47 Å². The highest BCUT2D eigenvalue weighted by molar-refractivity contribution is 6.31. The first-order valence-corrected chi connectivity index (χ1v) is 6.73. The third-order valence-corrected chi connectivity index (χ3v) is 3.23. The highest BCUT2D eigenvalue weighted by Gasteiger charge is 2.17. The summed E-state index contributed by atoms with van der Waals surface area (Å²) in [7, 11) is 0. The van der Waals surface area contributed by atoms with Gasteiger partial charge in [-0.25, -0.2) is 9.18 Å². The molecule has 110 valence electrons. The van der Waals surface area contributed by atoms with Gasteiger partial charge in [0, 0.05) is 5.02 Å². The lowest BCUT2D eigenvalue weighted by molar-refractivity contribution is -0.141. The number of hydrogen-bond donors (Lipinski definition) is 0. The predicted octanol–water partition coefficient (Wildman–Crippen LogP) is 4.16. The van der Waals surface area contributed by atoms with Crippen LogP contribution in [0.15, 0.2) is 42.5 Å². The zero-order valence-electron chi connectivity index (χ0n) is 11.6. The number of esters is 1. The molecule has 2 rings (SSSR count). The molecule has 0 saturated carbocycles. The Bertz CT molecular complexity index is 640. The monoisotopic (exact) mass is 308 g/mol. The maximum atomic E-state index is 12.8. The molecule has 0 aromatic heterocycles. The average molecular weight is 309 g/mol. The van der Waals surface area contributed by atoms with Crippen LogP contribution in [0.25, 0.3) is 0 Å². The number of aryl methyl sites for hydroxylation is 1. The third-order valence-electron chi connectivity index (χ3n) is 2.81. The topological polar surface area (TPSA) is 35.5 Å². The number of halogens is 2. The number of benzene rings is 2. The van der Waals surface area contributed by atoms with Crippen LogP contribution >= 0.6 is 11.6 Å². The van der Waals surface area contributed by atoms with Crippen molar-refractivity contribution in [2.45, 2.75) is 20.0 Å². The van der Waals surface area contributed by atoms with Gasteiger partial charge in [-0.2, -0.15) is 0 Å². The first-order chi connectivity index (χ1) is 9.95. The van der Waals surface area contributed by atoms with Gasteiger partial charge in [0.25, 0.3) is 0 Å². The van der Waals surface area contributed by atoms with Gasteiger partial charge in [-0.15, -0.1) is 0 Å². The molecule has 0 aliphatic rings. The van der Waals surface area contributed by atoms with Crippen LogP contribution in [0.3, 0.4) is 0 Å². The van der Waals surface area contributed by atoms with Gasteiger partial charge in [-0.3, -0.25) is 0 Å². The van der Waals surface area contributed by atoms with E-state index in [1.165, 1.54) is 24.3 Å². The smallest absolute Gasteiger partial charge is 0.352 e. The van der Waals surface area contributed by atoms with Crippen LogP contribution in [0.4, 0.5) is 4.39 Å². The quantitative estimate of drug-likeness (QED) is 0.628. The molecule has 0 saturated heterocycles. The van der Waals surface area contributed by atoms with E-state index in [1.807, 2.05) is 6.92 Å². The first kappa shape index (κ1) is 15.3. The van der Waals surface area contributed by atoms with Crippen molar-refractivity contribution in [3.63, 3.8) is 0 Å². The Balaban J connectivity index is 1.98. The molecule has 1 atom stereocenters. The van der Waals surface area contributed by atoms with Crippen molar-refractivity contribution >= 4 is 17.6 Å². The summed E-state index contributed by atoms with van der Waals surface area (Å²) in [6.45, 7) is 3.42. The van der Waals surface area contributed by atoms with Crippen molar-refractivity contribution in [3.8, 4) is 11.5 Å². The third kappa shape index (κ3) is 4.20. The minimum Gasteiger partial charge on any atom is -0.479 e.